The van der Waals surface area contributed by atoms with Crippen LogP contribution in [0.3, 0.4) is 0 Å². The summed E-state index contributed by atoms with van der Waals surface area (Å²) in [6.07, 6.45) is 0.825. The van der Waals surface area contributed by atoms with Crippen LogP contribution in [0, 0.1) is 11.8 Å². The molecule has 0 radical (unpaired) electrons. The second-order valence-electron chi connectivity index (χ2n) is 2.31. The molecular formula is C8H10N2OS. The van der Waals surface area contributed by atoms with Crippen LogP contribution in [0.4, 0.5) is 0 Å². The van der Waals surface area contributed by atoms with Crippen LogP contribution in [0.15, 0.2) is 5.38 Å². The summed E-state index contributed by atoms with van der Waals surface area (Å²) in [5.41, 5.74) is 0.651. The second-order valence-corrected chi connectivity index (χ2v) is 2.92. The van der Waals surface area contributed by atoms with Gasteiger partial charge in [-0.25, -0.2) is 0 Å². The van der Waals surface area contributed by atoms with Gasteiger partial charge in [0.25, 0.3) is 0 Å². The zero-order valence-corrected chi connectivity index (χ0v) is 7.64. The van der Waals surface area contributed by atoms with Crippen LogP contribution >= 0.6 is 11.5 Å². The minimum absolute atomic E-state index is 0.510. The Kier molecular flexibility index (Phi) is 3.71. The standard InChI is InChI=1S/C8H10N2OS/c1-2-3-4-5-8(11)7-6-12-10-9-7/h6,8,11H,4-5H2,1H3. The zero-order chi connectivity index (χ0) is 8.81. The van der Waals surface area contributed by atoms with Crippen LogP contribution in [-0.2, 0) is 0 Å². The van der Waals surface area contributed by atoms with Gasteiger partial charge in [-0.15, -0.1) is 16.9 Å². The van der Waals surface area contributed by atoms with E-state index in [0.717, 1.165) is 0 Å². The summed E-state index contributed by atoms with van der Waals surface area (Å²) in [5.74, 6) is 5.66. The van der Waals surface area contributed by atoms with Gasteiger partial charge in [0.1, 0.15) is 5.69 Å². The van der Waals surface area contributed by atoms with Crippen molar-refractivity contribution >= 4 is 11.5 Å². The van der Waals surface area contributed by atoms with E-state index < -0.39 is 6.10 Å². The molecule has 1 heterocycles. The molecule has 1 rings (SSSR count). The van der Waals surface area contributed by atoms with Crippen LogP contribution in [0.1, 0.15) is 31.6 Å². The lowest BCUT2D eigenvalue weighted by molar-refractivity contribution is 0.164. The Bertz CT molecular complexity index is 273. The average molecular weight is 182 g/mol. The molecule has 0 aliphatic heterocycles. The number of hydrogen-bond donors (Lipinski definition) is 1. The fraction of sp³-hybridized carbons (Fsp3) is 0.500. The lowest BCUT2D eigenvalue weighted by Gasteiger charge is -2.02. The summed E-state index contributed by atoms with van der Waals surface area (Å²) < 4.78 is 3.67. The fourth-order valence-electron chi connectivity index (χ4n) is 0.799. The van der Waals surface area contributed by atoms with Gasteiger partial charge in [-0.05, 0) is 24.9 Å². The SMILES string of the molecule is CC#CCCC(O)c1csnn1. The molecule has 0 spiro atoms. The van der Waals surface area contributed by atoms with E-state index in [1.165, 1.54) is 11.5 Å². The van der Waals surface area contributed by atoms with Crippen LogP contribution in [0.5, 0.6) is 0 Å². The van der Waals surface area contributed by atoms with Crippen LogP contribution < -0.4 is 0 Å². The maximum absolute atomic E-state index is 9.47. The number of aliphatic hydroxyl groups is 1. The Morgan fingerprint density at radius 2 is 2.58 bits per heavy atom. The average Bonchev–Trinajstić information content (AvgIpc) is 2.56. The first-order chi connectivity index (χ1) is 5.84. The van der Waals surface area contributed by atoms with E-state index in [1.54, 1.807) is 12.3 Å². The Morgan fingerprint density at radius 1 is 1.75 bits per heavy atom. The van der Waals surface area contributed by atoms with E-state index >= 15 is 0 Å². The molecule has 0 bridgehead atoms. The van der Waals surface area contributed by atoms with Gasteiger partial charge in [0.15, 0.2) is 0 Å². The highest BCUT2D eigenvalue weighted by Gasteiger charge is 2.08. The molecule has 0 aromatic carbocycles. The van der Waals surface area contributed by atoms with Crippen LogP contribution in [-0.4, -0.2) is 14.7 Å². The Labute approximate surface area is 75.6 Å². The molecule has 0 saturated carbocycles. The predicted octanol–water partition coefficient (Wildman–Crippen LogP) is 1.37. The van der Waals surface area contributed by atoms with Gasteiger partial charge >= 0.3 is 0 Å². The summed E-state index contributed by atoms with van der Waals surface area (Å²) >= 11 is 1.25. The third-order valence-electron chi connectivity index (χ3n) is 1.44. The van der Waals surface area contributed by atoms with Crippen LogP contribution in [0.25, 0.3) is 0 Å². The minimum Gasteiger partial charge on any atom is -0.387 e. The van der Waals surface area contributed by atoms with Crippen molar-refractivity contribution in [1.29, 1.82) is 0 Å². The summed E-state index contributed by atoms with van der Waals surface area (Å²) in [7, 11) is 0. The molecule has 12 heavy (non-hydrogen) atoms. The van der Waals surface area contributed by atoms with Gasteiger partial charge < -0.3 is 5.11 Å². The van der Waals surface area contributed by atoms with E-state index in [-0.39, 0.29) is 0 Å². The third kappa shape index (κ3) is 2.61. The minimum atomic E-state index is -0.510. The monoisotopic (exact) mass is 182 g/mol. The molecular weight excluding hydrogens is 172 g/mol. The highest BCUT2D eigenvalue weighted by molar-refractivity contribution is 7.03. The Morgan fingerprint density at radius 3 is 3.17 bits per heavy atom. The van der Waals surface area contributed by atoms with E-state index in [2.05, 4.69) is 21.4 Å². The summed E-state index contributed by atoms with van der Waals surface area (Å²) in [6.45, 7) is 1.79. The molecule has 3 nitrogen and oxygen atoms in total. The van der Waals surface area contributed by atoms with Crippen molar-refractivity contribution in [2.45, 2.75) is 25.9 Å². The van der Waals surface area contributed by atoms with Crippen molar-refractivity contribution < 1.29 is 5.11 Å². The molecule has 0 saturated heterocycles. The van der Waals surface area contributed by atoms with Gasteiger partial charge in [-0.1, -0.05) is 4.49 Å². The lowest BCUT2D eigenvalue weighted by atomic mass is 10.1. The maximum atomic E-state index is 9.47. The number of hydrogen-bond acceptors (Lipinski definition) is 4. The molecule has 1 atom stereocenters. The maximum Gasteiger partial charge on any atom is 0.104 e. The normalized spacial score (nSPS) is 11.8. The Hall–Kier alpha value is -0.920. The first-order valence-corrected chi connectivity index (χ1v) is 4.53. The van der Waals surface area contributed by atoms with Gasteiger partial charge in [-0.3, -0.25) is 0 Å². The van der Waals surface area contributed by atoms with E-state index in [0.29, 0.717) is 18.5 Å². The molecule has 1 N–H and O–H groups in total. The quantitative estimate of drug-likeness (QED) is 0.718. The number of nitrogens with zero attached hydrogens (tertiary/aromatic N) is 2. The van der Waals surface area contributed by atoms with Crippen LogP contribution in [0.2, 0.25) is 0 Å². The van der Waals surface area contributed by atoms with Gasteiger partial charge in [0.05, 0.1) is 6.10 Å². The predicted molar refractivity (Wildman–Crippen MR) is 47.6 cm³/mol. The molecule has 1 aromatic heterocycles. The Balaban J connectivity index is 2.37. The smallest absolute Gasteiger partial charge is 0.104 e. The first kappa shape index (κ1) is 9.17. The number of aromatic nitrogens is 2. The van der Waals surface area contributed by atoms with Crippen molar-refractivity contribution in [3.8, 4) is 11.8 Å². The highest BCUT2D eigenvalue weighted by Crippen LogP contribution is 2.15. The molecule has 1 aromatic rings. The number of aliphatic hydroxyl groups excluding tert-OH is 1. The molecule has 0 amide bonds. The fourth-order valence-corrected chi connectivity index (χ4v) is 1.30. The lowest BCUT2D eigenvalue weighted by Crippen LogP contribution is -1.96. The van der Waals surface area contributed by atoms with Crippen molar-refractivity contribution in [3.05, 3.63) is 11.1 Å². The van der Waals surface area contributed by atoms with Crippen molar-refractivity contribution in [2.24, 2.45) is 0 Å². The topological polar surface area (TPSA) is 46.0 Å². The van der Waals surface area contributed by atoms with Gasteiger partial charge in [0, 0.05) is 11.8 Å². The van der Waals surface area contributed by atoms with Crippen molar-refractivity contribution in [1.82, 2.24) is 9.59 Å². The molecule has 0 aliphatic rings. The van der Waals surface area contributed by atoms with Gasteiger partial charge in [0.2, 0.25) is 0 Å². The van der Waals surface area contributed by atoms with Crippen molar-refractivity contribution in [3.63, 3.8) is 0 Å². The first-order valence-electron chi connectivity index (χ1n) is 3.69. The third-order valence-corrected chi connectivity index (χ3v) is 1.96. The second kappa shape index (κ2) is 4.86. The molecule has 64 valence electrons. The van der Waals surface area contributed by atoms with E-state index in [4.69, 9.17) is 0 Å². The zero-order valence-electron chi connectivity index (χ0n) is 6.82. The van der Waals surface area contributed by atoms with E-state index in [1.807, 2.05) is 0 Å². The van der Waals surface area contributed by atoms with E-state index in [9.17, 15) is 5.11 Å². The molecule has 1 unspecified atom stereocenters. The molecule has 0 fully saturated rings. The molecule has 0 aliphatic carbocycles. The highest BCUT2D eigenvalue weighted by atomic mass is 32.1. The summed E-state index contributed by atoms with van der Waals surface area (Å²) in [6, 6.07) is 0. The van der Waals surface area contributed by atoms with Gasteiger partial charge in [-0.2, -0.15) is 0 Å². The molecule has 4 heteroatoms. The summed E-state index contributed by atoms with van der Waals surface area (Å²) in [5, 5.41) is 15.0. The van der Waals surface area contributed by atoms with Crippen molar-refractivity contribution in [2.75, 3.05) is 0 Å². The number of rotatable bonds is 3. The summed E-state index contributed by atoms with van der Waals surface area (Å²) in [4.78, 5) is 0. The largest absolute Gasteiger partial charge is 0.387 e.